The van der Waals surface area contributed by atoms with Crippen LogP contribution in [-0.4, -0.2) is 96.9 Å². The van der Waals surface area contributed by atoms with E-state index in [1.54, 1.807) is 11.8 Å². The minimum atomic E-state index is 0.236. The molecular weight excluding hydrogens is 352 g/mol. The molecule has 0 aromatic rings. The molecule has 4 rings (SSSR count). The zero-order chi connectivity index (χ0) is 19.9. The highest BCUT2D eigenvalue weighted by atomic mass is 16.2. The summed E-state index contributed by atoms with van der Waals surface area (Å²) in [7, 11) is 3.72. The fourth-order valence-corrected chi connectivity index (χ4v) is 6.30. The number of likely N-dealkylation sites (N-methyl/N-ethyl adjacent to an activating group) is 1. The fourth-order valence-electron chi connectivity index (χ4n) is 6.30. The molecule has 2 amide bonds. The Kier molecular flexibility index (Phi) is 5.71. The van der Waals surface area contributed by atoms with E-state index < -0.39 is 0 Å². The lowest BCUT2D eigenvalue weighted by Gasteiger charge is -2.52. The van der Waals surface area contributed by atoms with E-state index in [0.29, 0.717) is 18.0 Å². The van der Waals surface area contributed by atoms with Crippen LogP contribution in [0.15, 0.2) is 0 Å². The standard InChI is InChI=1S/C22H38N4O2/c1-17(27)26-12-8-22(16-26)13-19(14-22)24-10-6-18(7-11-24)20-5-4-9-25(20)15-21(28)23(2)3/h18-20H,4-16H2,1-3H3. The molecule has 4 fully saturated rings. The van der Waals surface area contributed by atoms with Gasteiger partial charge in [-0.1, -0.05) is 0 Å². The molecule has 28 heavy (non-hydrogen) atoms. The Balaban J connectivity index is 1.23. The van der Waals surface area contributed by atoms with Gasteiger partial charge in [-0.15, -0.1) is 0 Å². The van der Waals surface area contributed by atoms with Crippen molar-refractivity contribution in [3.63, 3.8) is 0 Å². The first kappa shape index (κ1) is 20.1. The van der Waals surface area contributed by atoms with Gasteiger partial charge in [0.2, 0.25) is 11.8 Å². The molecule has 1 saturated carbocycles. The Hall–Kier alpha value is -1.14. The van der Waals surface area contributed by atoms with Crippen LogP contribution in [0.5, 0.6) is 0 Å². The maximum Gasteiger partial charge on any atom is 0.236 e. The molecule has 6 heteroatoms. The number of hydrogen-bond acceptors (Lipinski definition) is 4. The molecule has 0 aromatic carbocycles. The van der Waals surface area contributed by atoms with Gasteiger partial charge in [-0.3, -0.25) is 14.5 Å². The molecule has 3 saturated heterocycles. The smallest absolute Gasteiger partial charge is 0.236 e. The minimum absolute atomic E-state index is 0.236. The maximum atomic E-state index is 12.2. The van der Waals surface area contributed by atoms with Crippen LogP contribution in [0.4, 0.5) is 0 Å². The van der Waals surface area contributed by atoms with Crippen molar-refractivity contribution in [3.8, 4) is 0 Å². The van der Waals surface area contributed by atoms with Gasteiger partial charge in [0.15, 0.2) is 0 Å². The molecule has 0 radical (unpaired) electrons. The molecule has 6 nitrogen and oxygen atoms in total. The largest absolute Gasteiger partial charge is 0.348 e. The summed E-state index contributed by atoms with van der Waals surface area (Å²) in [6.07, 6.45) is 8.84. The van der Waals surface area contributed by atoms with Crippen molar-refractivity contribution in [2.75, 3.05) is 53.4 Å². The predicted molar refractivity (Wildman–Crippen MR) is 110 cm³/mol. The summed E-state index contributed by atoms with van der Waals surface area (Å²) in [5.41, 5.74) is 0.433. The zero-order valence-corrected chi connectivity index (χ0v) is 18.0. The van der Waals surface area contributed by atoms with Crippen LogP contribution in [0.2, 0.25) is 0 Å². The van der Waals surface area contributed by atoms with E-state index in [0.717, 1.165) is 31.6 Å². The second-order valence-electron chi connectivity index (χ2n) is 10.1. The van der Waals surface area contributed by atoms with Gasteiger partial charge >= 0.3 is 0 Å². The first-order valence-corrected chi connectivity index (χ1v) is 11.3. The number of carbonyl (C=O) groups excluding carboxylic acids is 2. The third kappa shape index (κ3) is 3.95. The number of carbonyl (C=O) groups is 2. The van der Waals surface area contributed by atoms with Gasteiger partial charge in [0.1, 0.15) is 0 Å². The van der Waals surface area contributed by atoms with Crippen molar-refractivity contribution >= 4 is 11.8 Å². The molecular formula is C22H38N4O2. The van der Waals surface area contributed by atoms with E-state index in [9.17, 15) is 9.59 Å². The van der Waals surface area contributed by atoms with Gasteiger partial charge in [-0.2, -0.15) is 0 Å². The van der Waals surface area contributed by atoms with Crippen molar-refractivity contribution < 1.29 is 9.59 Å². The number of hydrogen-bond donors (Lipinski definition) is 0. The maximum absolute atomic E-state index is 12.2. The van der Waals surface area contributed by atoms with Gasteiger partial charge < -0.3 is 14.7 Å². The van der Waals surface area contributed by atoms with E-state index in [1.807, 2.05) is 19.0 Å². The summed E-state index contributed by atoms with van der Waals surface area (Å²) in [5.74, 6) is 1.23. The second kappa shape index (κ2) is 7.94. The Morgan fingerprint density at radius 3 is 2.36 bits per heavy atom. The lowest BCUT2D eigenvalue weighted by Crippen LogP contribution is -2.55. The average Bonchev–Trinajstić information content (AvgIpc) is 3.28. The van der Waals surface area contributed by atoms with Crippen molar-refractivity contribution in [3.05, 3.63) is 0 Å². The lowest BCUT2D eigenvalue weighted by molar-refractivity contribution is -0.131. The molecule has 0 N–H and O–H groups in total. The molecule has 1 atom stereocenters. The summed E-state index contributed by atoms with van der Waals surface area (Å²) in [4.78, 5) is 32.7. The Morgan fingerprint density at radius 2 is 1.75 bits per heavy atom. The number of piperidine rings is 1. The van der Waals surface area contributed by atoms with E-state index in [1.165, 1.54) is 58.0 Å². The SMILES string of the molecule is CC(=O)N1CCC2(CC(N3CCC(C4CCCN4CC(=O)N(C)C)CC3)C2)C1. The van der Waals surface area contributed by atoms with Gasteiger partial charge in [0.05, 0.1) is 6.54 Å². The summed E-state index contributed by atoms with van der Waals surface area (Å²) < 4.78 is 0. The predicted octanol–water partition coefficient (Wildman–Crippen LogP) is 1.65. The molecule has 0 aromatic heterocycles. The summed E-state index contributed by atoms with van der Waals surface area (Å²) >= 11 is 0. The molecule has 158 valence electrons. The molecule has 3 aliphatic heterocycles. The lowest BCUT2D eigenvalue weighted by atomic mass is 9.64. The third-order valence-electron chi connectivity index (χ3n) is 8.11. The first-order valence-electron chi connectivity index (χ1n) is 11.3. The van der Waals surface area contributed by atoms with Crippen molar-refractivity contribution in [1.82, 2.24) is 19.6 Å². The molecule has 1 spiro atoms. The summed E-state index contributed by atoms with van der Waals surface area (Å²) in [6, 6.07) is 1.35. The molecule has 0 bridgehead atoms. The average molecular weight is 391 g/mol. The van der Waals surface area contributed by atoms with Crippen LogP contribution in [0, 0.1) is 11.3 Å². The van der Waals surface area contributed by atoms with E-state index >= 15 is 0 Å². The minimum Gasteiger partial charge on any atom is -0.348 e. The number of rotatable bonds is 4. The Bertz CT molecular complexity index is 593. The second-order valence-corrected chi connectivity index (χ2v) is 10.1. The van der Waals surface area contributed by atoms with Crippen molar-refractivity contribution in [2.45, 2.75) is 64.0 Å². The quantitative estimate of drug-likeness (QED) is 0.732. The van der Waals surface area contributed by atoms with E-state index in [2.05, 4.69) is 9.80 Å². The highest BCUT2D eigenvalue weighted by molar-refractivity contribution is 5.77. The molecule has 4 aliphatic rings. The molecule has 1 aliphatic carbocycles. The number of likely N-dealkylation sites (tertiary alicyclic amines) is 3. The highest BCUT2D eigenvalue weighted by Crippen LogP contribution is 2.50. The summed E-state index contributed by atoms with van der Waals surface area (Å²) in [5, 5.41) is 0. The Labute approximate surface area is 170 Å². The van der Waals surface area contributed by atoms with E-state index in [4.69, 9.17) is 0 Å². The van der Waals surface area contributed by atoms with Crippen molar-refractivity contribution in [2.24, 2.45) is 11.3 Å². The van der Waals surface area contributed by atoms with Crippen LogP contribution < -0.4 is 0 Å². The third-order valence-corrected chi connectivity index (χ3v) is 8.11. The van der Waals surface area contributed by atoms with Crippen LogP contribution in [0.1, 0.15) is 51.9 Å². The fraction of sp³-hybridized carbons (Fsp3) is 0.909. The molecule has 3 heterocycles. The van der Waals surface area contributed by atoms with Crippen LogP contribution in [0.25, 0.3) is 0 Å². The van der Waals surface area contributed by atoms with Crippen molar-refractivity contribution in [1.29, 1.82) is 0 Å². The van der Waals surface area contributed by atoms with Gasteiger partial charge in [0, 0.05) is 46.2 Å². The van der Waals surface area contributed by atoms with Gasteiger partial charge in [-0.05, 0) is 75.9 Å². The Morgan fingerprint density at radius 1 is 1.04 bits per heavy atom. The molecule has 1 unspecified atom stereocenters. The number of nitrogens with zero attached hydrogens (tertiary/aromatic N) is 4. The van der Waals surface area contributed by atoms with Gasteiger partial charge in [0.25, 0.3) is 0 Å². The van der Waals surface area contributed by atoms with Crippen LogP contribution >= 0.6 is 0 Å². The first-order chi connectivity index (χ1) is 13.4. The topological polar surface area (TPSA) is 47.1 Å². The normalized spacial score (nSPS) is 34.8. The number of amides is 2. The highest BCUT2D eigenvalue weighted by Gasteiger charge is 2.51. The van der Waals surface area contributed by atoms with Crippen LogP contribution in [-0.2, 0) is 9.59 Å². The summed E-state index contributed by atoms with van der Waals surface area (Å²) in [6.45, 7) is 7.78. The van der Waals surface area contributed by atoms with E-state index in [-0.39, 0.29) is 11.8 Å². The van der Waals surface area contributed by atoms with Gasteiger partial charge in [-0.25, -0.2) is 0 Å². The van der Waals surface area contributed by atoms with Crippen LogP contribution in [0.3, 0.4) is 0 Å². The monoisotopic (exact) mass is 390 g/mol. The zero-order valence-electron chi connectivity index (χ0n) is 18.0.